The summed E-state index contributed by atoms with van der Waals surface area (Å²) in [5, 5.41) is 0.816. The normalized spacial score (nSPS) is 30.4. The summed E-state index contributed by atoms with van der Waals surface area (Å²) < 4.78 is 5.94. The molecule has 0 spiro atoms. The number of halogens is 1. The van der Waals surface area contributed by atoms with Gasteiger partial charge < -0.3 is 9.64 Å². The predicted molar refractivity (Wildman–Crippen MR) is 83.2 cm³/mol. The molecular formula is C17H24ClNO. The van der Waals surface area contributed by atoms with E-state index in [4.69, 9.17) is 16.3 Å². The number of rotatable bonds is 5. The van der Waals surface area contributed by atoms with E-state index in [1.165, 1.54) is 50.9 Å². The number of piperidine rings is 1. The van der Waals surface area contributed by atoms with Gasteiger partial charge in [-0.1, -0.05) is 37.1 Å². The SMILES string of the molecule is CCCCN1CCCC(C2(c3cccc(Cl)c3)CO2)C1. The lowest BCUT2D eigenvalue weighted by atomic mass is 9.81. The Bertz CT molecular complexity index is 458. The molecule has 0 radical (unpaired) electrons. The van der Waals surface area contributed by atoms with Crippen LogP contribution >= 0.6 is 11.6 Å². The van der Waals surface area contributed by atoms with E-state index in [2.05, 4.69) is 24.0 Å². The fraction of sp³-hybridized carbons (Fsp3) is 0.647. The Morgan fingerprint density at radius 3 is 3.00 bits per heavy atom. The lowest BCUT2D eigenvalue weighted by Crippen LogP contribution is -2.41. The van der Waals surface area contributed by atoms with Gasteiger partial charge in [0.2, 0.25) is 0 Å². The molecule has 0 saturated carbocycles. The first-order valence-electron chi connectivity index (χ1n) is 7.87. The molecule has 0 aliphatic carbocycles. The Balaban J connectivity index is 1.71. The van der Waals surface area contributed by atoms with Crippen LogP contribution in [-0.2, 0) is 10.3 Å². The molecule has 3 heteroatoms. The van der Waals surface area contributed by atoms with Crippen LogP contribution in [0.3, 0.4) is 0 Å². The Morgan fingerprint density at radius 1 is 1.45 bits per heavy atom. The van der Waals surface area contributed by atoms with Crippen LogP contribution in [0.25, 0.3) is 0 Å². The third-order valence-corrected chi connectivity index (χ3v) is 5.00. The second kappa shape index (κ2) is 6.05. The molecule has 2 heterocycles. The van der Waals surface area contributed by atoms with Crippen molar-refractivity contribution >= 4 is 11.6 Å². The molecule has 2 atom stereocenters. The number of unbranched alkanes of at least 4 members (excludes halogenated alkanes) is 1. The van der Waals surface area contributed by atoms with Crippen LogP contribution in [0.15, 0.2) is 24.3 Å². The van der Waals surface area contributed by atoms with E-state index in [1.807, 2.05) is 12.1 Å². The largest absolute Gasteiger partial charge is 0.364 e. The molecule has 2 aliphatic rings. The Labute approximate surface area is 127 Å². The molecule has 2 unspecified atom stereocenters. The molecule has 0 aromatic heterocycles. The van der Waals surface area contributed by atoms with Gasteiger partial charge in [-0.3, -0.25) is 0 Å². The maximum atomic E-state index is 6.15. The molecule has 2 saturated heterocycles. The number of hydrogen-bond donors (Lipinski definition) is 0. The van der Waals surface area contributed by atoms with Gasteiger partial charge in [-0.15, -0.1) is 0 Å². The second-order valence-electron chi connectivity index (χ2n) is 6.18. The third kappa shape index (κ3) is 2.88. The van der Waals surface area contributed by atoms with E-state index < -0.39 is 0 Å². The fourth-order valence-corrected chi connectivity index (χ4v) is 3.68. The van der Waals surface area contributed by atoms with Crippen molar-refractivity contribution in [3.63, 3.8) is 0 Å². The van der Waals surface area contributed by atoms with E-state index in [0.717, 1.165) is 11.6 Å². The van der Waals surface area contributed by atoms with Crippen molar-refractivity contribution in [3.8, 4) is 0 Å². The van der Waals surface area contributed by atoms with Crippen LogP contribution in [0.2, 0.25) is 5.02 Å². The molecule has 2 fully saturated rings. The Kier molecular flexibility index (Phi) is 4.34. The third-order valence-electron chi connectivity index (χ3n) is 4.76. The van der Waals surface area contributed by atoms with Gasteiger partial charge in [-0.05, 0) is 50.0 Å². The minimum absolute atomic E-state index is 0.0458. The zero-order valence-corrected chi connectivity index (χ0v) is 13.0. The van der Waals surface area contributed by atoms with E-state index >= 15 is 0 Å². The minimum atomic E-state index is -0.0458. The average molecular weight is 294 g/mol. The van der Waals surface area contributed by atoms with Crippen molar-refractivity contribution in [2.45, 2.75) is 38.2 Å². The lowest BCUT2D eigenvalue weighted by molar-refractivity contribution is 0.104. The molecule has 20 heavy (non-hydrogen) atoms. The van der Waals surface area contributed by atoms with Crippen LogP contribution < -0.4 is 0 Å². The highest BCUT2D eigenvalue weighted by Crippen LogP contribution is 2.49. The van der Waals surface area contributed by atoms with Crippen LogP contribution in [0, 0.1) is 5.92 Å². The second-order valence-corrected chi connectivity index (χ2v) is 6.62. The fourth-order valence-electron chi connectivity index (χ4n) is 3.49. The van der Waals surface area contributed by atoms with Crippen LogP contribution in [0.4, 0.5) is 0 Å². The molecule has 110 valence electrons. The predicted octanol–water partition coefficient (Wildman–Crippen LogP) is 4.08. The molecule has 0 amide bonds. The number of benzene rings is 1. The molecule has 1 aromatic carbocycles. The first-order chi connectivity index (χ1) is 9.74. The number of ether oxygens (including phenoxy) is 1. The van der Waals surface area contributed by atoms with E-state index in [0.29, 0.717) is 5.92 Å². The molecule has 0 N–H and O–H groups in total. The number of hydrogen-bond acceptors (Lipinski definition) is 2. The minimum Gasteiger partial charge on any atom is -0.364 e. The summed E-state index contributed by atoms with van der Waals surface area (Å²) in [6.45, 7) is 6.78. The molecule has 0 bridgehead atoms. The smallest absolute Gasteiger partial charge is 0.121 e. The van der Waals surface area contributed by atoms with Gasteiger partial charge in [-0.2, -0.15) is 0 Å². The highest BCUT2D eigenvalue weighted by atomic mass is 35.5. The molecular weight excluding hydrogens is 270 g/mol. The van der Waals surface area contributed by atoms with Crippen molar-refractivity contribution < 1.29 is 4.74 Å². The van der Waals surface area contributed by atoms with Gasteiger partial charge in [0.15, 0.2) is 0 Å². The van der Waals surface area contributed by atoms with E-state index in [9.17, 15) is 0 Å². The summed E-state index contributed by atoms with van der Waals surface area (Å²) in [4.78, 5) is 2.62. The number of likely N-dealkylation sites (tertiary alicyclic amines) is 1. The molecule has 1 aromatic rings. The van der Waals surface area contributed by atoms with Gasteiger partial charge in [0.25, 0.3) is 0 Å². The summed E-state index contributed by atoms with van der Waals surface area (Å²) in [6.07, 6.45) is 5.14. The van der Waals surface area contributed by atoms with Gasteiger partial charge in [-0.25, -0.2) is 0 Å². The van der Waals surface area contributed by atoms with Crippen molar-refractivity contribution in [1.29, 1.82) is 0 Å². The van der Waals surface area contributed by atoms with Gasteiger partial charge in [0.1, 0.15) is 5.60 Å². The summed E-state index contributed by atoms with van der Waals surface area (Å²) in [7, 11) is 0. The summed E-state index contributed by atoms with van der Waals surface area (Å²) in [6, 6.07) is 8.23. The topological polar surface area (TPSA) is 15.8 Å². The standard InChI is InChI=1S/C17H24ClNO/c1-2-3-9-19-10-5-7-15(12-19)17(13-20-17)14-6-4-8-16(18)11-14/h4,6,8,11,15H,2-3,5,7,9-10,12-13H2,1H3. The zero-order valence-electron chi connectivity index (χ0n) is 12.3. The molecule has 2 nitrogen and oxygen atoms in total. The quantitative estimate of drug-likeness (QED) is 0.760. The first kappa shape index (κ1) is 14.4. The maximum Gasteiger partial charge on any atom is 0.121 e. The average Bonchev–Trinajstić information content (AvgIpc) is 3.27. The Morgan fingerprint density at radius 2 is 2.30 bits per heavy atom. The van der Waals surface area contributed by atoms with E-state index in [-0.39, 0.29) is 5.60 Å². The highest BCUT2D eigenvalue weighted by molar-refractivity contribution is 6.30. The molecule has 3 rings (SSSR count). The Hall–Kier alpha value is -0.570. The van der Waals surface area contributed by atoms with Crippen molar-refractivity contribution in [1.82, 2.24) is 4.90 Å². The summed E-state index contributed by atoms with van der Waals surface area (Å²) >= 11 is 6.15. The number of nitrogens with zero attached hydrogens (tertiary/aromatic N) is 1. The van der Waals surface area contributed by atoms with Crippen molar-refractivity contribution in [3.05, 3.63) is 34.9 Å². The van der Waals surface area contributed by atoms with Gasteiger partial charge >= 0.3 is 0 Å². The summed E-state index contributed by atoms with van der Waals surface area (Å²) in [5.41, 5.74) is 1.22. The molecule has 2 aliphatic heterocycles. The van der Waals surface area contributed by atoms with Crippen molar-refractivity contribution in [2.24, 2.45) is 5.92 Å². The highest BCUT2D eigenvalue weighted by Gasteiger charge is 2.53. The van der Waals surface area contributed by atoms with E-state index in [1.54, 1.807) is 0 Å². The van der Waals surface area contributed by atoms with Crippen molar-refractivity contribution in [2.75, 3.05) is 26.2 Å². The maximum absolute atomic E-state index is 6.15. The van der Waals surface area contributed by atoms with Crippen LogP contribution in [0.5, 0.6) is 0 Å². The monoisotopic (exact) mass is 293 g/mol. The summed E-state index contributed by atoms with van der Waals surface area (Å²) in [5.74, 6) is 0.617. The van der Waals surface area contributed by atoms with Crippen LogP contribution in [-0.4, -0.2) is 31.1 Å². The zero-order chi connectivity index (χ0) is 14.0. The first-order valence-corrected chi connectivity index (χ1v) is 8.25. The van der Waals surface area contributed by atoms with Gasteiger partial charge in [0, 0.05) is 17.5 Å². The van der Waals surface area contributed by atoms with Crippen LogP contribution in [0.1, 0.15) is 38.2 Å². The lowest BCUT2D eigenvalue weighted by Gasteiger charge is -2.36. The van der Waals surface area contributed by atoms with Gasteiger partial charge in [0.05, 0.1) is 6.61 Å². The number of epoxide rings is 1.